The highest BCUT2D eigenvalue weighted by molar-refractivity contribution is 6.45. The molecule has 1 amide bonds. The maximum absolute atomic E-state index is 13.0. The van der Waals surface area contributed by atoms with Gasteiger partial charge in [0.1, 0.15) is 5.75 Å². The van der Waals surface area contributed by atoms with E-state index in [-0.39, 0.29) is 23.2 Å². The highest BCUT2D eigenvalue weighted by Crippen LogP contribution is 2.35. The first kappa shape index (κ1) is 12.1. The molecule has 0 spiro atoms. The fraction of sp³-hybridized carbons (Fsp3) is 0.227. The number of amides is 1. The molecule has 0 unspecified atom stereocenters. The maximum atomic E-state index is 13.0. The number of ether oxygens (including phenoxy) is 2. The van der Waals surface area contributed by atoms with E-state index in [9.17, 15) is 14.4 Å². The lowest BCUT2D eigenvalue weighted by atomic mass is 10.0. The molecule has 2 N–H and O–H groups in total. The van der Waals surface area contributed by atoms with Crippen LogP contribution in [0, 0.1) is 0 Å². The summed E-state index contributed by atoms with van der Waals surface area (Å²) >= 11 is 0. The quantitative estimate of drug-likeness (QED) is 0.354. The molecule has 0 radical (unpaired) electrons. The van der Waals surface area contributed by atoms with Gasteiger partial charge in [0.2, 0.25) is 0 Å². The molecule has 0 bridgehead atoms. The van der Waals surface area contributed by atoms with E-state index in [2.05, 4.69) is 4.74 Å². The number of esters is 1. The summed E-state index contributed by atoms with van der Waals surface area (Å²) in [6, 6.07) is 12.7. The van der Waals surface area contributed by atoms with E-state index in [1.54, 1.807) is 30.3 Å². The molecule has 0 aliphatic rings. The third kappa shape index (κ3) is 3.99. The van der Waals surface area contributed by atoms with Gasteiger partial charge in [0, 0.05) is 19.1 Å². The van der Waals surface area contributed by atoms with Crippen LogP contribution in [-0.2, 0) is 27.2 Å². The normalized spacial score (nSPS) is 16.1. The number of Topliss-reactive ketones (excluding diaryl/α,β-unsaturated/α-hetero) is 1. The van der Waals surface area contributed by atoms with Crippen molar-refractivity contribution in [3.8, 4) is 5.75 Å². The van der Waals surface area contributed by atoms with E-state index in [0.29, 0.717) is 5.56 Å². The summed E-state index contributed by atoms with van der Waals surface area (Å²) in [6.07, 6.45) is -3.14. The molecule has 0 saturated carbocycles. The summed E-state index contributed by atoms with van der Waals surface area (Å²) < 4.78 is 72.3. The lowest BCUT2D eigenvalue weighted by molar-refractivity contribution is -0.142. The predicted molar refractivity (Wildman–Crippen MR) is 108 cm³/mol. The van der Waals surface area contributed by atoms with E-state index in [1.807, 2.05) is 0 Å². The maximum Gasteiger partial charge on any atom is 0.343 e. The lowest BCUT2D eigenvalue weighted by Crippen LogP contribution is -2.24. The van der Waals surface area contributed by atoms with Crippen LogP contribution < -0.4 is 10.5 Å². The van der Waals surface area contributed by atoms with E-state index >= 15 is 0 Å². The first-order valence-corrected chi connectivity index (χ1v) is 8.43. The van der Waals surface area contributed by atoms with Gasteiger partial charge in [-0.2, -0.15) is 0 Å². The van der Waals surface area contributed by atoms with Crippen molar-refractivity contribution in [2.45, 2.75) is 19.8 Å². The van der Waals surface area contributed by atoms with Crippen molar-refractivity contribution >= 4 is 28.6 Å². The standard InChI is InChI=1S/C22H22N2O5/c1-3-15-20(21(26)22(23)27)19-16(24(15)12-14-8-5-4-6-9-14)10-7-11-17(19)29-13-18(25)28-2/h4-11H,3,12-13H2,1-2H3,(H2,23,27)/i1D3,2D3,3D2. The summed E-state index contributed by atoms with van der Waals surface area (Å²) in [4.78, 5) is 36.9. The largest absolute Gasteiger partial charge is 0.481 e. The number of aromatic nitrogens is 1. The fourth-order valence-corrected chi connectivity index (χ4v) is 3.06. The topological polar surface area (TPSA) is 101 Å². The second-order valence-electron chi connectivity index (χ2n) is 6.03. The molecule has 3 aromatic rings. The fourth-order valence-electron chi connectivity index (χ4n) is 3.06. The van der Waals surface area contributed by atoms with Crippen molar-refractivity contribution in [1.29, 1.82) is 0 Å². The number of hydrogen-bond donors (Lipinski definition) is 1. The first-order valence-electron chi connectivity index (χ1n) is 12.4. The van der Waals surface area contributed by atoms with Gasteiger partial charge >= 0.3 is 5.97 Å². The predicted octanol–water partition coefficient (Wildman–Crippen LogP) is 2.47. The third-order valence-electron chi connectivity index (χ3n) is 4.26. The van der Waals surface area contributed by atoms with Crippen LogP contribution in [0.25, 0.3) is 10.9 Å². The highest BCUT2D eigenvalue weighted by Gasteiger charge is 2.27. The number of primary amides is 1. The zero-order valence-electron chi connectivity index (χ0n) is 23.1. The van der Waals surface area contributed by atoms with Crippen LogP contribution in [0.2, 0.25) is 0 Å². The van der Waals surface area contributed by atoms with Crippen LogP contribution in [0.3, 0.4) is 0 Å². The summed E-state index contributed by atoms with van der Waals surface area (Å²) in [5, 5.41) is -0.174. The Hall–Kier alpha value is -3.61. The Morgan fingerprint density at radius 1 is 1.14 bits per heavy atom. The first-order chi connectivity index (χ1) is 17.0. The van der Waals surface area contributed by atoms with Crippen LogP contribution in [0.5, 0.6) is 5.75 Å². The van der Waals surface area contributed by atoms with Crippen molar-refractivity contribution in [1.82, 2.24) is 4.57 Å². The van der Waals surface area contributed by atoms with Crippen LogP contribution >= 0.6 is 0 Å². The Kier molecular flexibility index (Phi) is 3.58. The minimum Gasteiger partial charge on any atom is -0.481 e. The van der Waals surface area contributed by atoms with Crippen molar-refractivity contribution < 1.29 is 34.8 Å². The Labute approximate surface area is 179 Å². The van der Waals surface area contributed by atoms with Crippen molar-refractivity contribution in [2.75, 3.05) is 13.6 Å². The van der Waals surface area contributed by atoms with E-state index in [0.717, 1.165) is 0 Å². The Bertz CT molecular complexity index is 1350. The van der Waals surface area contributed by atoms with E-state index in [1.165, 1.54) is 22.8 Å². The molecule has 0 aliphatic heterocycles. The number of carbonyl (C=O) groups excluding carboxylic acids is 3. The molecule has 7 heteroatoms. The van der Waals surface area contributed by atoms with Crippen molar-refractivity contribution in [3.63, 3.8) is 0 Å². The smallest absolute Gasteiger partial charge is 0.343 e. The zero-order chi connectivity index (χ0) is 27.8. The van der Waals surface area contributed by atoms with Gasteiger partial charge < -0.3 is 19.8 Å². The minimum atomic E-state index is -3.27. The lowest BCUT2D eigenvalue weighted by Gasteiger charge is -2.11. The monoisotopic (exact) mass is 402 g/mol. The second kappa shape index (κ2) is 8.60. The van der Waals surface area contributed by atoms with Crippen LogP contribution in [0.1, 0.15) is 39.4 Å². The number of ketones is 1. The molecule has 0 fully saturated rings. The van der Waals surface area contributed by atoms with Gasteiger partial charge in [-0.05, 0) is 24.1 Å². The Morgan fingerprint density at radius 3 is 2.62 bits per heavy atom. The molecule has 29 heavy (non-hydrogen) atoms. The molecule has 7 nitrogen and oxygen atoms in total. The average Bonchev–Trinajstić information content (AvgIpc) is 3.11. The van der Waals surface area contributed by atoms with E-state index < -0.39 is 55.8 Å². The summed E-state index contributed by atoms with van der Waals surface area (Å²) in [6.45, 7) is -4.28. The number of rotatable bonds is 8. The molecule has 1 aromatic heterocycles. The molecule has 0 atom stereocenters. The summed E-state index contributed by atoms with van der Waals surface area (Å²) in [5.74, 6) is -4.33. The van der Waals surface area contributed by atoms with Crippen LogP contribution in [0.4, 0.5) is 0 Å². The van der Waals surface area contributed by atoms with Gasteiger partial charge in [-0.3, -0.25) is 9.59 Å². The zero-order valence-corrected chi connectivity index (χ0v) is 15.1. The van der Waals surface area contributed by atoms with Gasteiger partial charge in [-0.1, -0.05) is 43.3 Å². The molecular formula is C22H22N2O5. The molecule has 3 rings (SSSR count). The van der Waals surface area contributed by atoms with Gasteiger partial charge in [-0.25, -0.2) is 4.79 Å². The number of methoxy groups -OCH3 is 1. The average molecular weight is 402 g/mol. The second-order valence-corrected chi connectivity index (χ2v) is 6.03. The Balaban J connectivity index is 2.33. The van der Waals surface area contributed by atoms with Crippen LogP contribution in [0.15, 0.2) is 48.5 Å². The molecule has 2 aromatic carbocycles. The van der Waals surface area contributed by atoms with Gasteiger partial charge in [-0.15, -0.1) is 0 Å². The summed E-state index contributed by atoms with van der Waals surface area (Å²) in [5.41, 5.74) is 4.71. The summed E-state index contributed by atoms with van der Waals surface area (Å²) in [7, 11) is -3.03. The number of benzene rings is 2. The number of hydrogen-bond acceptors (Lipinski definition) is 5. The van der Waals surface area contributed by atoms with Gasteiger partial charge in [0.25, 0.3) is 11.7 Å². The third-order valence-corrected chi connectivity index (χ3v) is 4.26. The molecule has 0 aliphatic carbocycles. The Morgan fingerprint density at radius 2 is 1.93 bits per heavy atom. The number of nitrogens with two attached hydrogens (primary N) is 1. The van der Waals surface area contributed by atoms with Crippen LogP contribution in [-0.4, -0.2) is 35.9 Å². The number of carbonyl (C=O) groups is 3. The van der Waals surface area contributed by atoms with Gasteiger partial charge in [0.05, 0.1) is 27.6 Å². The number of fused-ring (bicyclic) bond motifs is 1. The van der Waals surface area contributed by atoms with Crippen molar-refractivity contribution in [3.05, 3.63) is 65.4 Å². The van der Waals surface area contributed by atoms with Gasteiger partial charge in [0.15, 0.2) is 6.61 Å². The van der Waals surface area contributed by atoms with Crippen molar-refractivity contribution in [2.24, 2.45) is 5.73 Å². The molecule has 0 saturated heterocycles. The highest BCUT2D eigenvalue weighted by atomic mass is 16.6. The SMILES string of the molecule is [2H]C([2H])([2H])OC(=O)COc1cccc2c1c(C(=O)C(N)=O)c(C([2H])([2H])C([2H])([2H])[2H])n2Cc1ccccc1. The van der Waals surface area contributed by atoms with E-state index in [4.69, 9.17) is 21.4 Å². The minimum absolute atomic E-state index is 0.0984. The number of nitrogens with zero attached hydrogens (tertiary/aromatic N) is 1. The molecule has 1 heterocycles. The molecule has 150 valence electrons. The molecular weight excluding hydrogens is 372 g/mol.